The third kappa shape index (κ3) is 3.45. The van der Waals surface area contributed by atoms with Crippen LogP contribution in [0.15, 0.2) is 40.9 Å². The molecule has 0 bridgehead atoms. The molecule has 0 atom stereocenters. The number of carboxylic acids is 1. The van der Waals surface area contributed by atoms with Crippen molar-refractivity contribution in [3.63, 3.8) is 0 Å². The van der Waals surface area contributed by atoms with Crippen LogP contribution in [0.25, 0.3) is 0 Å². The zero-order valence-corrected chi connectivity index (χ0v) is 13.2. The number of carbonyl (C=O) groups is 1. The summed E-state index contributed by atoms with van der Waals surface area (Å²) in [4.78, 5) is 11.1. The van der Waals surface area contributed by atoms with Crippen molar-refractivity contribution < 1.29 is 14.6 Å². The summed E-state index contributed by atoms with van der Waals surface area (Å²) in [5, 5.41) is 9.81. The highest BCUT2D eigenvalue weighted by Gasteiger charge is 2.12. The van der Waals surface area contributed by atoms with Crippen LogP contribution in [0.3, 0.4) is 0 Å². The van der Waals surface area contributed by atoms with Crippen molar-refractivity contribution in [1.82, 2.24) is 0 Å². The third-order valence-corrected chi connectivity index (χ3v) is 3.60. The van der Waals surface area contributed by atoms with E-state index in [1.807, 2.05) is 0 Å². The molecule has 0 heterocycles. The summed E-state index contributed by atoms with van der Waals surface area (Å²) in [6.07, 6.45) is 0. The molecule has 0 saturated heterocycles. The average molecular weight is 376 g/mol. The number of benzene rings is 2. The molecule has 1 N–H and O–H groups in total. The Morgan fingerprint density at radius 2 is 1.80 bits per heavy atom. The molecule has 0 radical (unpaired) electrons. The molecule has 0 aliphatic heterocycles. The molecule has 0 amide bonds. The van der Waals surface area contributed by atoms with Crippen molar-refractivity contribution in [3.8, 4) is 5.75 Å². The smallest absolute Gasteiger partial charge is 0.336 e. The van der Waals surface area contributed by atoms with Gasteiger partial charge in [-0.1, -0.05) is 57.3 Å². The summed E-state index contributed by atoms with van der Waals surface area (Å²) in [6, 6.07) is 9.93. The quantitative estimate of drug-likeness (QED) is 0.814. The van der Waals surface area contributed by atoms with Crippen molar-refractivity contribution in [2.24, 2.45) is 0 Å². The maximum atomic E-state index is 11.1. The van der Waals surface area contributed by atoms with E-state index < -0.39 is 5.97 Å². The first-order chi connectivity index (χ1) is 9.49. The Morgan fingerprint density at radius 3 is 2.40 bits per heavy atom. The molecule has 3 nitrogen and oxygen atoms in total. The van der Waals surface area contributed by atoms with Crippen LogP contribution in [0.1, 0.15) is 15.9 Å². The second-order valence-corrected chi connectivity index (χ2v) is 5.68. The van der Waals surface area contributed by atoms with Crippen molar-refractivity contribution in [1.29, 1.82) is 0 Å². The van der Waals surface area contributed by atoms with E-state index in [0.717, 1.165) is 4.47 Å². The van der Waals surface area contributed by atoms with E-state index >= 15 is 0 Å². The lowest BCUT2D eigenvalue weighted by atomic mass is 10.1. The SMILES string of the molecule is O=C(O)c1ccccc1COc1c(Cl)cc(Br)cc1Cl. The summed E-state index contributed by atoms with van der Waals surface area (Å²) < 4.78 is 6.29. The first kappa shape index (κ1) is 15.2. The molecule has 0 aromatic heterocycles. The highest BCUT2D eigenvalue weighted by Crippen LogP contribution is 2.36. The number of carboxylic acid groups (broad SMARTS) is 1. The summed E-state index contributed by atoms with van der Waals surface area (Å²) in [6.45, 7) is 0.0730. The molecule has 0 aliphatic carbocycles. The molecule has 2 aromatic carbocycles. The zero-order chi connectivity index (χ0) is 14.7. The van der Waals surface area contributed by atoms with Gasteiger partial charge in [-0.25, -0.2) is 4.79 Å². The summed E-state index contributed by atoms with van der Waals surface area (Å²) in [7, 11) is 0. The van der Waals surface area contributed by atoms with Gasteiger partial charge in [-0.05, 0) is 18.2 Å². The fourth-order valence-electron chi connectivity index (χ4n) is 1.67. The molecule has 2 aromatic rings. The maximum Gasteiger partial charge on any atom is 0.336 e. The molecule has 0 fully saturated rings. The molecule has 0 aliphatic rings. The predicted octanol–water partition coefficient (Wildman–Crippen LogP) is 5.03. The topological polar surface area (TPSA) is 46.5 Å². The third-order valence-electron chi connectivity index (χ3n) is 2.58. The van der Waals surface area contributed by atoms with Gasteiger partial charge in [0.2, 0.25) is 0 Å². The average Bonchev–Trinajstić information content (AvgIpc) is 2.37. The lowest BCUT2D eigenvalue weighted by Crippen LogP contribution is -2.05. The van der Waals surface area contributed by atoms with Gasteiger partial charge in [0.25, 0.3) is 0 Å². The van der Waals surface area contributed by atoms with Crippen molar-refractivity contribution >= 4 is 45.1 Å². The Morgan fingerprint density at radius 1 is 1.20 bits per heavy atom. The Bertz CT molecular complexity index is 636. The van der Waals surface area contributed by atoms with Gasteiger partial charge >= 0.3 is 5.97 Å². The summed E-state index contributed by atoms with van der Waals surface area (Å²) in [5.74, 6) is -0.672. The van der Waals surface area contributed by atoms with Gasteiger partial charge in [0, 0.05) is 10.0 Å². The normalized spacial score (nSPS) is 10.3. The van der Waals surface area contributed by atoms with Gasteiger partial charge in [0.15, 0.2) is 5.75 Å². The molecule has 0 saturated carbocycles. The number of halogens is 3. The Labute approximate surface area is 134 Å². The van der Waals surface area contributed by atoms with Gasteiger partial charge in [0.1, 0.15) is 6.61 Å². The van der Waals surface area contributed by atoms with E-state index in [0.29, 0.717) is 21.4 Å². The Balaban J connectivity index is 2.24. The van der Waals surface area contributed by atoms with Crippen LogP contribution in [0.2, 0.25) is 10.0 Å². The molecule has 6 heteroatoms. The molecule has 104 valence electrons. The minimum atomic E-state index is -1.00. The second-order valence-electron chi connectivity index (χ2n) is 3.95. The fraction of sp³-hybridized carbons (Fsp3) is 0.0714. The first-order valence-corrected chi connectivity index (χ1v) is 7.12. The molecule has 2 rings (SSSR count). The number of rotatable bonds is 4. The van der Waals surface area contributed by atoms with Gasteiger partial charge in [-0.3, -0.25) is 0 Å². The van der Waals surface area contributed by atoms with Crippen molar-refractivity contribution in [2.45, 2.75) is 6.61 Å². The van der Waals surface area contributed by atoms with E-state index in [4.69, 9.17) is 33.0 Å². The van der Waals surface area contributed by atoms with Crippen LogP contribution in [0, 0.1) is 0 Å². The lowest BCUT2D eigenvalue weighted by molar-refractivity contribution is 0.0694. The number of ether oxygens (including phenoxy) is 1. The standard InChI is InChI=1S/C14H9BrCl2O3/c15-9-5-11(16)13(12(17)6-9)20-7-8-3-1-2-4-10(8)14(18)19/h1-6H,7H2,(H,18,19). The van der Waals surface area contributed by atoms with Crippen LogP contribution in [-0.4, -0.2) is 11.1 Å². The Kier molecular flexibility index (Phi) is 4.91. The van der Waals surface area contributed by atoms with E-state index in [9.17, 15) is 4.79 Å². The fourth-order valence-corrected chi connectivity index (χ4v) is 2.99. The number of hydrogen-bond acceptors (Lipinski definition) is 2. The monoisotopic (exact) mass is 374 g/mol. The van der Waals surface area contributed by atoms with Crippen LogP contribution >= 0.6 is 39.1 Å². The van der Waals surface area contributed by atoms with Gasteiger partial charge in [0.05, 0.1) is 15.6 Å². The highest BCUT2D eigenvalue weighted by molar-refractivity contribution is 9.10. The van der Waals surface area contributed by atoms with Crippen molar-refractivity contribution in [3.05, 3.63) is 62.0 Å². The van der Waals surface area contributed by atoms with Crippen molar-refractivity contribution in [2.75, 3.05) is 0 Å². The number of hydrogen-bond donors (Lipinski definition) is 1. The highest BCUT2D eigenvalue weighted by atomic mass is 79.9. The van der Waals surface area contributed by atoms with E-state index in [1.54, 1.807) is 30.3 Å². The van der Waals surface area contributed by atoms with Crippen LogP contribution < -0.4 is 4.74 Å². The van der Waals surface area contributed by atoms with E-state index in [1.165, 1.54) is 6.07 Å². The van der Waals surface area contributed by atoms with Gasteiger partial charge in [-0.2, -0.15) is 0 Å². The molecular weight excluding hydrogens is 367 g/mol. The minimum absolute atomic E-state index is 0.0730. The molecule has 0 spiro atoms. The van der Waals surface area contributed by atoms with Crippen LogP contribution in [0.4, 0.5) is 0 Å². The largest absolute Gasteiger partial charge is 0.486 e. The summed E-state index contributed by atoms with van der Waals surface area (Å²) in [5.41, 5.74) is 0.743. The van der Waals surface area contributed by atoms with Gasteiger partial charge < -0.3 is 9.84 Å². The summed E-state index contributed by atoms with van der Waals surface area (Å²) >= 11 is 15.4. The van der Waals surface area contributed by atoms with E-state index in [2.05, 4.69) is 15.9 Å². The first-order valence-electron chi connectivity index (χ1n) is 5.57. The molecular formula is C14H9BrCl2O3. The number of aromatic carboxylic acids is 1. The van der Waals surface area contributed by atoms with E-state index in [-0.39, 0.29) is 12.2 Å². The van der Waals surface area contributed by atoms with Crippen LogP contribution in [0.5, 0.6) is 5.75 Å². The maximum absolute atomic E-state index is 11.1. The Hall–Kier alpha value is -1.23. The predicted molar refractivity (Wildman–Crippen MR) is 81.9 cm³/mol. The molecule has 0 unspecified atom stereocenters. The van der Waals surface area contributed by atoms with Crippen LogP contribution in [-0.2, 0) is 6.61 Å². The minimum Gasteiger partial charge on any atom is -0.486 e. The molecule has 20 heavy (non-hydrogen) atoms. The second kappa shape index (κ2) is 6.48. The van der Waals surface area contributed by atoms with Gasteiger partial charge in [-0.15, -0.1) is 0 Å². The lowest BCUT2D eigenvalue weighted by Gasteiger charge is -2.12. The zero-order valence-electron chi connectivity index (χ0n) is 10.1.